The number of carbonyl (C=O) groups is 1. The maximum Gasteiger partial charge on any atom is 0.265 e. The van der Waals surface area contributed by atoms with Crippen LogP contribution in [0.25, 0.3) is 17.0 Å². The molecule has 1 fully saturated rings. The molecule has 3 aromatic rings. The van der Waals surface area contributed by atoms with E-state index < -0.39 is 0 Å². The molecule has 2 heterocycles. The Morgan fingerprint density at radius 1 is 1.17 bits per heavy atom. The van der Waals surface area contributed by atoms with Crippen molar-refractivity contribution in [3.63, 3.8) is 0 Å². The van der Waals surface area contributed by atoms with Gasteiger partial charge < -0.3 is 9.30 Å². The number of para-hydroxylation sites is 2. The van der Waals surface area contributed by atoms with Crippen LogP contribution in [0.3, 0.4) is 0 Å². The maximum absolute atomic E-state index is 12.4. The van der Waals surface area contributed by atoms with Crippen LogP contribution in [-0.2, 0) is 11.3 Å². The molecule has 0 atom stereocenters. The zero-order valence-corrected chi connectivity index (χ0v) is 18.2. The van der Waals surface area contributed by atoms with Crippen molar-refractivity contribution in [3.8, 4) is 5.75 Å². The summed E-state index contributed by atoms with van der Waals surface area (Å²) in [5.74, 6) is 0.652. The average molecular weight is 443 g/mol. The van der Waals surface area contributed by atoms with E-state index in [-0.39, 0.29) is 5.91 Å². The molecule has 2 aromatic carbocycles. The molecule has 1 saturated heterocycles. The lowest BCUT2D eigenvalue weighted by Gasteiger charge is -2.09. The number of nitrogens with zero attached hydrogens (tertiary/aromatic N) is 2. The Morgan fingerprint density at radius 3 is 2.69 bits per heavy atom. The van der Waals surface area contributed by atoms with Gasteiger partial charge in [-0.05, 0) is 30.7 Å². The molecular weight excluding hydrogens is 424 g/mol. The molecule has 0 saturated carbocycles. The lowest BCUT2D eigenvalue weighted by Crippen LogP contribution is -2.22. The van der Waals surface area contributed by atoms with E-state index in [4.69, 9.17) is 28.6 Å². The van der Waals surface area contributed by atoms with Gasteiger partial charge in [-0.1, -0.05) is 65.9 Å². The van der Waals surface area contributed by atoms with Crippen LogP contribution in [0.1, 0.15) is 12.0 Å². The van der Waals surface area contributed by atoms with Crippen LogP contribution in [0.2, 0.25) is 5.02 Å². The summed E-state index contributed by atoms with van der Waals surface area (Å²) >= 11 is 12.7. The van der Waals surface area contributed by atoms with E-state index in [0.717, 1.165) is 29.4 Å². The van der Waals surface area contributed by atoms with Crippen LogP contribution < -0.4 is 4.74 Å². The molecule has 0 N–H and O–H groups in total. The fourth-order valence-corrected chi connectivity index (χ4v) is 4.60. The van der Waals surface area contributed by atoms with E-state index in [0.29, 0.717) is 26.6 Å². The molecule has 0 bridgehead atoms. The Kier molecular flexibility index (Phi) is 5.94. The van der Waals surface area contributed by atoms with Crippen molar-refractivity contribution < 1.29 is 9.53 Å². The summed E-state index contributed by atoms with van der Waals surface area (Å²) in [4.78, 5) is 14.5. The molecule has 4 rings (SSSR count). The number of thioether (sulfide) groups is 1. The predicted octanol–water partition coefficient (Wildman–Crippen LogP) is 5.59. The summed E-state index contributed by atoms with van der Waals surface area (Å²) < 4.78 is 8.58. The highest BCUT2D eigenvalue weighted by Gasteiger charge is 2.29. The molecule has 148 valence electrons. The van der Waals surface area contributed by atoms with E-state index >= 15 is 0 Å². The molecule has 0 unspecified atom stereocenters. The van der Waals surface area contributed by atoms with E-state index in [1.165, 1.54) is 16.7 Å². The third kappa shape index (κ3) is 4.20. The Morgan fingerprint density at radius 2 is 1.93 bits per heavy atom. The third-order valence-electron chi connectivity index (χ3n) is 4.73. The molecular formula is C22H19ClN2O2S2. The van der Waals surface area contributed by atoms with Gasteiger partial charge in [0.2, 0.25) is 0 Å². The first-order valence-electron chi connectivity index (χ1n) is 9.21. The van der Waals surface area contributed by atoms with E-state index in [2.05, 4.69) is 22.9 Å². The van der Waals surface area contributed by atoms with Gasteiger partial charge in [-0.3, -0.25) is 9.69 Å². The van der Waals surface area contributed by atoms with Crippen molar-refractivity contribution >= 4 is 62.8 Å². The van der Waals surface area contributed by atoms with Crippen molar-refractivity contribution in [1.82, 2.24) is 9.47 Å². The van der Waals surface area contributed by atoms with Crippen molar-refractivity contribution in [2.75, 3.05) is 13.7 Å². The number of benzene rings is 2. The number of rotatable bonds is 6. The quantitative estimate of drug-likeness (QED) is 0.283. The molecule has 29 heavy (non-hydrogen) atoms. The molecule has 0 radical (unpaired) electrons. The number of ether oxygens (including phenoxy) is 1. The van der Waals surface area contributed by atoms with Gasteiger partial charge in [0.1, 0.15) is 10.1 Å². The highest BCUT2D eigenvalue weighted by molar-refractivity contribution is 8.26. The largest absolute Gasteiger partial charge is 0.492 e. The Labute approximate surface area is 184 Å². The van der Waals surface area contributed by atoms with Crippen molar-refractivity contribution in [3.05, 3.63) is 70.2 Å². The van der Waals surface area contributed by atoms with Crippen molar-refractivity contribution in [1.29, 1.82) is 0 Å². The molecule has 0 spiro atoms. The van der Waals surface area contributed by atoms with E-state index in [9.17, 15) is 4.79 Å². The van der Waals surface area contributed by atoms with Gasteiger partial charge in [-0.2, -0.15) is 0 Å². The number of fused-ring (bicyclic) bond motifs is 1. The predicted molar refractivity (Wildman–Crippen MR) is 124 cm³/mol. The summed E-state index contributed by atoms with van der Waals surface area (Å²) in [6, 6.07) is 15.7. The molecule has 1 aliphatic heterocycles. The van der Waals surface area contributed by atoms with Gasteiger partial charge in [0.25, 0.3) is 5.91 Å². The van der Waals surface area contributed by atoms with Crippen LogP contribution in [0.4, 0.5) is 0 Å². The first kappa shape index (κ1) is 20.0. The molecule has 0 aliphatic carbocycles. The number of hydrogen-bond donors (Lipinski definition) is 0. The zero-order chi connectivity index (χ0) is 20.4. The second-order valence-corrected chi connectivity index (χ2v) is 8.75. The Balaban J connectivity index is 1.51. The monoisotopic (exact) mass is 442 g/mol. The number of aromatic nitrogens is 1. The smallest absolute Gasteiger partial charge is 0.265 e. The zero-order valence-electron chi connectivity index (χ0n) is 15.8. The topological polar surface area (TPSA) is 34.5 Å². The maximum atomic E-state index is 12.4. The van der Waals surface area contributed by atoms with Gasteiger partial charge in [0.05, 0.1) is 16.5 Å². The fraction of sp³-hybridized carbons (Fsp3) is 0.182. The van der Waals surface area contributed by atoms with Gasteiger partial charge in [0.15, 0.2) is 0 Å². The number of likely N-dealkylation sites (N-methyl/N-ethyl adjacent to an activating group) is 1. The average Bonchev–Trinajstić information content (AvgIpc) is 3.19. The lowest BCUT2D eigenvalue weighted by atomic mass is 10.1. The lowest BCUT2D eigenvalue weighted by molar-refractivity contribution is -0.121. The molecule has 4 nitrogen and oxygen atoms in total. The molecule has 7 heteroatoms. The molecule has 1 aliphatic rings. The number of thiocarbonyl (C=S) groups is 1. The number of hydrogen-bond acceptors (Lipinski definition) is 4. The minimum absolute atomic E-state index is 0.0510. The Bertz CT molecular complexity index is 1120. The van der Waals surface area contributed by atoms with Gasteiger partial charge in [0, 0.05) is 36.3 Å². The summed E-state index contributed by atoms with van der Waals surface area (Å²) in [5.41, 5.74) is 2.14. The fourth-order valence-electron chi connectivity index (χ4n) is 3.24. The van der Waals surface area contributed by atoms with Crippen LogP contribution in [0.15, 0.2) is 59.6 Å². The molecule has 1 aromatic heterocycles. The number of aryl methyl sites for hydroxylation is 1. The minimum atomic E-state index is -0.0510. The Hall–Kier alpha value is -2.28. The van der Waals surface area contributed by atoms with Crippen LogP contribution >= 0.6 is 35.6 Å². The van der Waals surface area contributed by atoms with Crippen LogP contribution in [0, 0.1) is 0 Å². The minimum Gasteiger partial charge on any atom is -0.492 e. The SMILES string of the molecule is CN1C(=O)/C(=C/c2cn(CCCOc3ccccc3Cl)c3ccccc23)SC1=S. The third-order valence-corrected chi connectivity index (χ3v) is 6.53. The summed E-state index contributed by atoms with van der Waals surface area (Å²) in [6.45, 7) is 1.37. The molecule has 1 amide bonds. The number of amides is 1. The standard InChI is InChI=1S/C22H19ClN2O2S2/c1-24-21(26)20(29-22(24)28)13-15-14-25(18-9-4-2-7-16(15)18)11-6-12-27-19-10-5-3-8-17(19)23/h2-5,7-10,13-14H,6,11-12H2,1H3/b20-13-. The normalized spacial score (nSPS) is 15.7. The highest BCUT2D eigenvalue weighted by atomic mass is 35.5. The second kappa shape index (κ2) is 8.61. The number of halogens is 1. The summed E-state index contributed by atoms with van der Waals surface area (Å²) in [5, 5.41) is 1.73. The van der Waals surface area contributed by atoms with E-state index in [1.54, 1.807) is 7.05 Å². The van der Waals surface area contributed by atoms with Crippen LogP contribution in [0.5, 0.6) is 5.75 Å². The van der Waals surface area contributed by atoms with Crippen LogP contribution in [-0.4, -0.2) is 33.3 Å². The van der Waals surface area contributed by atoms with Gasteiger partial charge in [-0.15, -0.1) is 0 Å². The van der Waals surface area contributed by atoms with Crippen molar-refractivity contribution in [2.24, 2.45) is 0 Å². The van der Waals surface area contributed by atoms with Gasteiger partial charge in [-0.25, -0.2) is 0 Å². The van der Waals surface area contributed by atoms with E-state index in [1.807, 2.05) is 42.5 Å². The first-order chi connectivity index (χ1) is 14.0. The number of carbonyl (C=O) groups excluding carboxylic acids is 1. The second-order valence-electron chi connectivity index (χ2n) is 6.67. The summed E-state index contributed by atoms with van der Waals surface area (Å²) in [6.07, 6.45) is 4.85. The first-order valence-corrected chi connectivity index (χ1v) is 10.8. The van der Waals surface area contributed by atoms with Crippen molar-refractivity contribution in [2.45, 2.75) is 13.0 Å². The summed E-state index contributed by atoms with van der Waals surface area (Å²) in [7, 11) is 1.71. The highest BCUT2D eigenvalue weighted by Crippen LogP contribution is 2.33. The van der Waals surface area contributed by atoms with Gasteiger partial charge >= 0.3 is 0 Å².